The number of nitrogens with zero attached hydrogens (tertiary/aromatic N) is 2. The third-order valence-corrected chi connectivity index (χ3v) is 9.79. The molecular formula is C36H38N4O5. The van der Waals surface area contributed by atoms with E-state index in [1.54, 1.807) is 0 Å². The Hall–Kier alpha value is -4.79. The number of carbonyl (C=O) groups is 3. The van der Waals surface area contributed by atoms with Gasteiger partial charge in [0.2, 0.25) is 0 Å². The number of aromatic nitrogens is 4. The standard InChI is InChI=1S/C36H38N4O5/c1-9-20-16(3)23-13-25-18(5)22(11-12-29(41)44-7)33(39-25)31-32(36(43)45-8)35(42)30-19(6)26(40-34(30)31)15-28-21(10-2)17(4)24(38-28)14-27(20)37-23/h9,13-15,18,22,32,37,40H,1,10-12H2,2-8H3/t18-,22-,32+/m0/s1. The first-order valence-electron chi connectivity index (χ1n) is 15.3. The van der Waals surface area contributed by atoms with Gasteiger partial charge in [0.25, 0.3) is 0 Å². The van der Waals surface area contributed by atoms with Gasteiger partial charge in [0.05, 0.1) is 36.8 Å². The van der Waals surface area contributed by atoms with Crippen molar-refractivity contribution in [1.29, 1.82) is 0 Å². The number of carbonyl (C=O) groups excluding carboxylic acids is 3. The Morgan fingerprint density at radius 1 is 0.978 bits per heavy atom. The number of ether oxygens (including phenoxy) is 2. The highest BCUT2D eigenvalue weighted by molar-refractivity contribution is 6.23. The van der Waals surface area contributed by atoms with E-state index < -0.39 is 11.9 Å². The summed E-state index contributed by atoms with van der Waals surface area (Å²) in [6.45, 7) is 14.3. The normalized spacial score (nSPS) is 18.8. The number of H-pyrrole nitrogens is 2. The molecule has 9 nitrogen and oxygen atoms in total. The molecule has 6 rings (SSSR count). The summed E-state index contributed by atoms with van der Waals surface area (Å²) in [5.41, 5.74) is 12.1. The molecule has 0 aromatic carbocycles. The number of rotatable bonds is 6. The van der Waals surface area contributed by atoms with Crippen LogP contribution in [-0.4, -0.2) is 51.9 Å². The maximum Gasteiger partial charge on any atom is 0.321 e. The molecule has 1 aliphatic carbocycles. The lowest BCUT2D eigenvalue weighted by Crippen LogP contribution is -2.21. The summed E-state index contributed by atoms with van der Waals surface area (Å²) in [6.07, 6.45) is 3.23. The molecule has 0 unspecified atom stereocenters. The van der Waals surface area contributed by atoms with E-state index in [4.69, 9.17) is 19.4 Å². The Morgan fingerprint density at radius 3 is 2.36 bits per heavy atom. The fourth-order valence-electron chi connectivity index (χ4n) is 7.19. The summed E-state index contributed by atoms with van der Waals surface area (Å²) in [4.78, 5) is 56.9. The molecule has 232 valence electrons. The van der Waals surface area contributed by atoms with Crippen molar-refractivity contribution in [2.24, 2.45) is 0 Å². The first kappa shape index (κ1) is 30.2. The second kappa shape index (κ2) is 11.3. The average molecular weight is 607 g/mol. The predicted octanol–water partition coefficient (Wildman–Crippen LogP) is 7.21. The average Bonchev–Trinajstić information content (AvgIpc) is 3.76. The summed E-state index contributed by atoms with van der Waals surface area (Å²) < 4.78 is 10.1. The van der Waals surface area contributed by atoms with E-state index in [9.17, 15) is 14.4 Å². The number of aromatic amines is 2. The molecule has 0 radical (unpaired) electrons. The summed E-state index contributed by atoms with van der Waals surface area (Å²) in [7, 11) is 2.66. The Bertz CT molecular complexity index is 2010. The highest BCUT2D eigenvalue weighted by Crippen LogP contribution is 2.48. The summed E-state index contributed by atoms with van der Waals surface area (Å²) in [5, 5.41) is 0. The smallest absolute Gasteiger partial charge is 0.321 e. The van der Waals surface area contributed by atoms with Crippen LogP contribution in [0.4, 0.5) is 0 Å². The van der Waals surface area contributed by atoms with E-state index in [1.165, 1.54) is 14.2 Å². The Morgan fingerprint density at radius 2 is 1.69 bits per heavy atom. The fraction of sp³-hybridized carbons (Fsp3) is 0.361. The summed E-state index contributed by atoms with van der Waals surface area (Å²) in [5.74, 6) is -2.83. The second-order valence-electron chi connectivity index (χ2n) is 12.0. The third kappa shape index (κ3) is 4.64. The van der Waals surface area contributed by atoms with Crippen LogP contribution in [0, 0.1) is 13.8 Å². The second-order valence-corrected chi connectivity index (χ2v) is 12.0. The van der Waals surface area contributed by atoms with Crippen LogP contribution in [0.25, 0.3) is 39.3 Å². The maximum absolute atomic E-state index is 14.1. The number of fused-ring (bicyclic) bond motifs is 8. The zero-order chi connectivity index (χ0) is 32.3. The molecule has 0 spiro atoms. The van der Waals surface area contributed by atoms with Gasteiger partial charge in [-0.25, -0.2) is 4.98 Å². The van der Waals surface area contributed by atoms with Crippen molar-refractivity contribution in [3.8, 4) is 0 Å². The molecule has 8 bridgehead atoms. The van der Waals surface area contributed by atoms with Gasteiger partial charge >= 0.3 is 11.9 Å². The molecule has 0 saturated carbocycles. The van der Waals surface area contributed by atoms with Crippen LogP contribution < -0.4 is 0 Å². The SMILES string of the molecule is C=Cc1c(C)c2cc3nc(c4c5[nH]c(cc6nc(cc1[nH]2)C(C)=C6CC)c(C)c5C(=O)[C@@H]4C(=O)OC)[C@@H](CCC(=O)OC)[C@@H]3C. The highest BCUT2D eigenvalue weighted by Gasteiger charge is 2.45. The topological polar surface area (TPSA) is 127 Å². The van der Waals surface area contributed by atoms with Crippen LogP contribution in [0.5, 0.6) is 0 Å². The number of nitrogens with one attached hydrogen (secondary N) is 2. The molecule has 3 aromatic heterocycles. The molecular weight excluding hydrogens is 568 g/mol. The van der Waals surface area contributed by atoms with Crippen molar-refractivity contribution in [2.45, 2.75) is 71.6 Å². The van der Waals surface area contributed by atoms with Gasteiger partial charge in [-0.2, -0.15) is 0 Å². The minimum Gasteiger partial charge on any atom is -0.469 e. The van der Waals surface area contributed by atoms with Crippen molar-refractivity contribution in [2.75, 3.05) is 14.2 Å². The molecule has 0 fully saturated rings. The number of aryl methyl sites for hydroxylation is 2. The minimum absolute atomic E-state index is 0.122. The van der Waals surface area contributed by atoms with Crippen molar-refractivity contribution in [3.63, 3.8) is 0 Å². The van der Waals surface area contributed by atoms with Crippen LogP contribution in [-0.2, 0) is 19.1 Å². The molecule has 0 amide bonds. The van der Waals surface area contributed by atoms with Crippen molar-refractivity contribution in [3.05, 3.63) is 75.4 Å². The molecule has 2 N–H and O–H groups in total. The van der Waals surface area contributed by atoms with Gasteiger partial charge in [0, 0.05) is 57.2 Å². The number of methoxy groups -OCH3 is 2. The predicted molar refractivity (Wildman–Crippen MR) is 175 cm³/mol. The van der Waals surface area contributed by atoms with Crippen LogP contribution >= 0.6 is 0 Å². The number of ketones is 1. The van der Waals surface area contributed by atoms with Gasteiger partial charge in [0.1, 0.15) is 5.92 Å². The van der Waals surface area contributed by atoms with Crippen molar-refractivity contribution in [1.82, 2.24) is 19.9 Å². The molecule has 0 saturated heterocycles. The van der Waals surface area contributed by atoms with Crippen molar-refractivity contribution >= 4 is 57.0 Å². The van der Waals surface area contributed by atoms with E-state index in [2.05, 4.69) is 43.4 Å². The first-order valence-corrected chi connectivity index (χ1v) is 15.3. The minimum atomic E-state index is -1.16. The first-order chi connectivity index (χ1) is 21.5. The molecule has 3 atom stereocenters. The van der Waals surface area contributed by atoms with Gasteiger partial charge in [-0.15, -0.1) is 0 Å². The van der Waals surface area contributed by atoms with Crippen LogP contribution in [0.1, 0.15) is 113 Å². The zero-order valence-corrected chi connectivity index (χ0v) is 26.8. The Balaban J connectivity index is 1.80. The van der Waals surface area contributed by atoms with E-state index in [1.807, 2.05) is 32.1 Å². The van der Waals surface area contributed by atoms with Gasteiger partial charge < -0.3 is 19.4 Å². The molecule has 5 heterocycles. The molecule has 3 aliphatic rings. The lowest BCUT2D eigenvalue weighted by atomic mass is 9.84. The molecule has 2 aliphatic heterocycles. The summed E-state index contributed by atoms with van der Waals surface area (Å²) >= 11 is 0. The van der Waals surface area contributed by atoms with Crippen LogP contribution in [0.2, 0.25) is 0 Å². The highest BCUT2D eigenvalue weighted by atomic mass is 16.5. The van der Waals surface area contributed by atoms with Gasteiger partial charge in [-0.1, -0.05) is 26.5 Å². The van der Waals surface area contributed by atoms with Crippen molar-refractivity contribution < 1.29 is 23.9 Å². The van der Waals surface area contributed by atoms with Crippen LogP contribution in [0.15, 0.2) is 24.8 Å². The quantitative estimate of drug-likeness (QED) is 0.224. The largest absolute Gasteiger partial charge is 0.469 e. The van der Waals surface area contributed by atoms with Crippen LogP contribution in [0.3, 0.4) is 0 Å². The zero-order valence-electron chi connectivity index (χ0n) is 26.8. The van der Waals surface area contributed by atoms with E-state index in [0.29, 0.717) is 28.8 Å². The van der Waals surface area contributed by atoms with E-state index >= 15 is 0 Å². The maximum atomic E-state index is 14.1. The summed E-state index contributed by atoms with van der Waals surface area (Å²) in [6, 6.07) is 6.07. The van der Waals surface area contributed by atoms with Gasteiger partial charge in [-0.3, -0.25) is 19.4 Å². The molecule has 45 heavy (non-hydrogen) atoms. The lowest BCUT2D eigenvalue weighted by Gasteiger charge is -2.18. The van der Waals surface area contributed by atoms with E-state index in [-0.39, 0.29) is 30.0 Å². The Kier molecular flexibility index (Phi) is 7.59. The number of hydrogen-bond acceptors (Lipinski definition) is 7. The van der Waals surface area contributed by atoms with E-state index in [0.717, 1.165) is 67.9 Å². The lowest BCUT2D eigenvalue weighted by molar-refractivity contribution is -0.142. The number of esters is 2. The van der Waals surface area contributed by atoms with Gasteiger partial charge in [-0.05, 0) is 74.1 Å². The number of allylic oxidation sites excluding steroid dienone is 2. The monoisotopic (exact) mass is 606 g/mol. The number of Topliss-reactive ketones (excluding diaryl/α,β-unsaturated/α-hetero) is 1. The Labute approximate surface area is 261 Å². The molecule has 3 aromatic rings. The fourth-order valence-corrected chi connectivity index (χ4v) is 7.19. The number of hydrogen-bond donors (Lipinski definition) is 2. The molecule has 9 heteroatoms. The van der Waals surface area contributed by atoms with Gasteiger partial charge in [0.15, 0.2) is 5.78 Å². The third-order valence-electron chi connectivity index (χ3n) is 9.79.